The molecular weight excluding hydrogens is 276 g/mol. The van der Waals surface area contributed by atoms with Crippen molar-refractivity contribution in [2.75, 3.05) is 18.8 Å². The lowest BCUT2D eigenvalue weighted by atomic mass is 9.95. The van der Waals surface area contributed by atoms with Crippen molar-refractivity contribution in [3.63, 3.8) is 0 Å². The fourth-order valence-corrected chi connectivity index (χ4v) is 3.77. The topological polar surface area (TPSA) is 64.2 Å². The standard InChI is InChI=1S/C17H20N4O/c1-11(22)21-10-14(17-15(21)4-5-16(18)19-17)12-6-8-20-7-2-3-13(20)9-12/h4-6,10,13H,2-3,7-9H2,1H3,(H2,18,19). The van der Waals surface area contributed by atoms with Crippen LogP contribution in [0.5, 0.6) is 0 Å². The number of nitrogen functional groups attached to an aromatic ring is 1. The normalized spacial score (nSPS) is 21.9. The van der Waals surface area contributed by atoms with Crippen LogP contribution in [0.15, 0.2) is 24.4 Å². The predicted molar refractivity (Wildman–Crippen MR) is 87.6 cm³/mol. The van der Waals surface area contributed by atoms with Crippen LogP contribution in [0.2, 0.25) is 0 Å². The summed E-state index contributed by atoms with van der Waals surface area (Å²) in [5, 5.41) is 0. The Hall–Kier alpha value is -2.14. The SMILES string of the molecule is CC(=O)n1cc(C2=CCN3CCCC3C2)c2nc(N)ccc21. The highest BCUT2D eigenvalue weighted by Gasteiger charge is 2.29. The first-order valence-corrected chi connectivity index (χ1v) is 7.85. The third-order valence-corrected chi connectivity index (χ3v) is 4.88. The first-order valence-electron chi connectivity index (χ1n) is 7.85. The molecule has 0 aromatic carbocycles. The van der Waals surface area contributed by atoms with Gasteiger partial charge in [0.05, 0.1) is 11.0 Å². The smallest absolute Gasteiger partial charge is 0.228 e. The average Bonchev–Trinajstić information content (AvgIpc) is 3.09. The summed E-state index contributed by atoms with van der Waals surface area (Å²) in [6.07, 6.45) is 7.79. The monoisotopic (exact) mass is 296 g/mol. The van der Waals surface area contributed by atoms with Crippen molar-refractivity contribution in [2.24, 2.45) is 0 Å². The molecule has 5 nitrogen and oxygen atoms in total. The van der Waals surface area contributed by atoms with Crippen LogP contribution in [0.1, 0.15) is 36.5 Å². The maximum absolute atomic E-state index is 11.9. The Morgan fingerprint density at radius 3 is 3.09 bits per heavy atom. The van der Waals surface area contributed by atoms with Gasteiger partial charge in [-0.1, -0.05) is 6.08 Å². The van der Waals surface area contributed by atoms with Crippen LogP contribution in [0, 0.1) is 0 Å². The number of pyridine rings is 1. The van der Waals surface area contributed by atoms with E-state index in [1.807, 2.05) is 12.3 Å². The lowest BCUT2D eigenvalue weighted by molar-refractivity contribution is 0.0941. The quantitative estimate of drug-likeness (QED) is 0.878. The number of anilines is 1. The molecule has 1 unspecified atom stereocenters. The molecule has 2 N–H and O–H groups in total. The first kappa shape index (κ1) is 13.5. The van der Waals surface area contributed by atoms with E-state index in [-0.39, 0.29) is 5.91 Å². The third kappa shape index (κ3) is 2.04. The minimum absolute atomic E-state index is 0.00160. The van der Waals surface area contributed by atoms with E-state index in [0.717, 1.165) is 29.6 Å². The highest BCUT2D eigenvalue weighted by atomic mass is 16.1. The van der Waals surface area contributed by atoms with Gasteiger partial charge in [0.1, 0.15) is 5.82 Å². The molecule has 4 rings (SSSR count). The molecule has 2 aliphatic rings. The lowest BCUT2D eigenvalue weighted by Crippen LogP contribution is -2.32. The van der Waals surface area contributed by atoms with Crippen molar-refractivity contribution in [2.45, 2.75) is 32.2 Å². The molecule has 2 aliphatic heterocycles. The Balaban J connectivity index is 1.84. The first-order chi connectivity index (χ1) is 10.6. The maximum atomic E-state index is 11.9. The summed E-state index contributed by atoms with van der Waals surface area (Å²) in [5.41, 5.74) is 9.90. The van der Waals surface area contributed by atoms with Crippen LogP contribution in [-0.4, -0.2) is 39.5 Å². The van der Waals surface area contributed by atoms with Gasteiger partial charge in [0.15, 0.2) is 0 Å². The minimum atomic E-state index is 0.00160. The summed E-state index contributed by atoms with van der Waals surface area (Å²) in [6, 6.07) is 4.27. The van der Waals surface area contributed by atoms with Crippen molar-refractivity contribution in [3.05, 3.63) is 30.0 Å². The number of carbonyl (C=O) groups is 1. The van der Waals surface area contributed by atoms with E-state index in [2.05, 4.69) is 16.0 Å². The Morgan fingerprint density at radius 2 is 2.27 bits per heavy atom. The number of hydrogen-bond acceptors (Lipinski definition) is 4. The fraction of sp³-hybridized carbons (Fsp3) is 0.412. The molecule has 2 aromatic rings. The van der Waals surface area contributed by atoms with Gasteiger partial charge < -0.3 is 5.73 Å². The molecule has 1 saturated heterocycles. The Labute approximate surface area is 129 Å². The molecule has 4 heterocycles. The van der Waals surface area contributed by atoms with Crippen molar-refractivity contribution in [3.8, 4) is 0 Å². The van der Waals surface area contributed by atoms with E-state index < -0.39 is 0 Å². The molecule has 1 fully saturated rings. The van der Waals surface area contributed by atoms with Gasteiger partial charge in [-0.05, 0) is 43.5 Å². The molecule has 1 atom stereocenters. The van der Waals surface area contributed by atoms with Crippen LogP contribution >= 0.6 is 0 Å². The highest BCUT2D eigenvalue weighted by molar-refractivity contribution is 5.97. The number of nitrogens with zero attached hydrogens (tertiary/aromatic N) is 3. The van der Waals surface area contributed by atoms with Crippen LogP contribution in [0.3, 0.4) is 0 Å². The predicted octanol–water partition coefficient (Wildman–Crippen LogP) is 2.53. The minimum Gasteiger partial charge on any atom is -0.384 e. The zero-order valence-corrected chi connectivity index (χ0v) is 12.7. The van der Waals surface area contributed by atoms with Crippen molar-refractivity contribution >= 4 is 28.3 Å². The summed E-state index contributed by atoms with van der Waals surface area (Å²) >= 11 is 0. The zero-order valence-electron chi connectivity index (χ0n) is 12.7. The summed E-state index contributed by atoms with van der Waals surface area (Å²) in [4.78, 5) is 18.9. The Bertz CT molecular complexity index is 789. The maximum Gasteiger partial charge on any atom is 0.228 e. The summed E-state index contributed by atoms with van der Waals surface area (Å²) in [5.74, 6) is 0.496. The van der Waals surface area contributed by atoms with Crippen molar-refractivity contribution in [1.29, 1.82) is 0 Å². The number of aromatic nitrogens is 2. The molecule has 0 bridgehead atoms. The van der Waals surface area contributed by atoms with E-state index in [1.54, 1.807) is 17.6 Å². The van der Waals surface area contributed by atoms with E-state index >= 15 is 0 Å². The number of carbonyl (C=O) groups excluding carboxylic acids is 1. The average molecular weight is 296 g/mol. The molecule has 2 aromatic heterocycles. The van der Waals surface area contributed by atoms with Gasteiger partial charge in [0.25, 0.3) is 0 Å². The van der Waals surface area contributed by atoms with Crippen LogP contribution in [0.4, 0.5) is 5.82 Å². The van der Waals surface area contributed by atoms with E-state index in [0.29, 0.717) is 11.9 Å². The van der Waals surface area contributed by atoms with E-state index in [9.17, 15) is 4.79 Å². The van der Waals surface area contributed by atoms with Crippen molar-refractivity contribution in [1.82, 2.24) is 14.5 Å². The van der Waals surface area contributed by atoms with E-state index in [1.165, 1.54) is 25.0 Å². The molecule has 0 spiro atoms. The third-order valence-electron chi connectivity index (χ3n) is 4.88. The van der Waals surface area contributed by atoms with Crippen LogP contribution < -0.4 is 5.73 Å². The van der Waals surface area contributed by atoms with Gasteiger partial charge in [-0.3, -0.25) is 14.3 Å². The van der Waals surface area contributed by atoms with E-state index in [4.69, 9.17) is 5.73 Å². The van der Waals surface area contributed by atoms with Gasteiger partial charge in [0.2, 0.25) is 5.91 Å². The van der Waals surface area contributed by atoms with Gasteiger partial charge in [-0.2, -0.15) is 0 Å². The number of hydrogen-bond donors (Lipinski definition) is 1. The largest absolute Gasteiger partial charge is 0.384 e. The van der Waals surface area contributed by atoms with Gasteiger partial charge in [-0.15, -0.1) is 0 Å². The molecule has 22 heavy (non-hydrogen) atoms. The lowest BCUT2D eigenvalue weighted by Gasteiger charge is -2.28. The second-order valence-corrected chi connectivity index (χ2v) is 6.26. The highest BCUT2D eigenvalue weighted by Crippen LogP contribution is 2.35. The van der Waals surface area contributed by atoms with Crippen LogP contribution in [0.25, 0.3) is 16.6 Å². The molecule has 114 valence electrons. The second kappa shape index (κ2) is 4.95. The molecule has 0 saturated carbocycles. The van der Waals surface area contributed by atoms with Crippen molar-refractivity contribution < 1.29 is 4.79 Å². The van der Waals surface area contributed by atoms with Crippen LogP contribution in [-0.2, 0) is 0 Å². The fourth-order valence-electron chi connectivity index (χ4n) is 3.77. The molecule has 5 heteroatoms. The van der Waals surface area contributed by atoms with Gasteiger partial charge >= 0.3 is 0 Å². The molecule has 0 radical (unpaired) electrons. The number of fused-ring (bicyclic) bond motifs is 2. The second-order valence-electron chi connectivity index (χ2n) is 6.26. The molecule has 0 aliphatic carbocycles. The number of rotatable bonds is 1. The zero-order chi connectivity index (χ0) is 15.3. The summed E-state index contributed by atoms with van der Waals surface area (Å²) in [6.45, 7) is 3.78. The molecule has 0 amide bonds. The number of nitrogens with two attached hydrogens (primary N) is 1. The molecular formula is C17H20N4O. The Morgan fingerprint density at radius 1 is 1.41 bits per heavy atom. The summed E-state index contributed by atoms with van der Waals surface area (Å²) in [7, 11) is 0. The Kier molecular flexibility index (Phi) is 3.04. The van der Waals surface area contributed by atoms with Gasteiger partial charge in [0, 0.05) is 31.3 Å². The summed E-state index contributed by atoms with van der Waals surface area (Å²) < 4.78 is 1.68. The van der Waals surface area contributed by atoms with Gasteiger partial charge in [-0.25, -0.2) is 4.98 Å².